The summed E-state index contributed by atoms with van der Waals surface area (Å²) in [5, 5.41) is 33.5. The summed E-state index contributed by atoms with van der Waals surface area (Å²) in [6.07, 6.45) is -2.96. The number of rotatable bonds is 6. The van der Waals surface area contributed by atoms with Gasteiger partial charge in [-0.25, -0.2) is 0 Å². The molecule has 0 aliphatic rings. The van der Waals surface area contributed by atoms with Gasteiger partial charge in [-0.05, 0) is 5.53 Å². The fourth-order valence-electron chi connectivity index (χ4n) is 1.52. The Labute approximate surface area is 118 Å². The largest absolute Gasteiger partial charge is 0.490 e. The van der Waals surface area contributed by atoms with E-state index in [1.165, 1.54) is 13.2 Å². The fraction of sp³-hybridized carbons (Fsp3) is 0.400. The minimum absolute atomic E-state index is 0.0139. The summed E-state index contributed by atoms with van der Waals surface area (Å²) in [5.41, 5.74) is 7.68. The Morgan fingerprint density at radius 1 is 1.60 bits per heavy atom. The first-order valence-electron chi connectivity index (χ1n) is 5.31. The van der Waals surface area contributed by atoms with Gasteiger partial charge < -0.3 is 14.9 Å². The van der Waals surface area contributed by atoms with Crippen LogP contribution in [0, 0.1) is 10.1 Å². The smallest absolute Gasteiger partial charge is 0.311 e. The molecule has 2 unspecified atom stereocenters. The van der Waals surface area contributed by atoms with Crippen LogP contribution in [0.5, 0.6) is 5.75 Å². The Morgan fingerprint density at radius 3 is 2.75 bits per heavy atom. The van der Waals surface area contributed by atoms with Gasteiger partial charge in [0.1, 0.15) is 6.10 Å². The van der Waals surface area contributed by atoms with Crippen molar-refractivity contribution in [3.05, 3.63) is 43.3 Å². The normalized spacial score (nSPS) is 13.2. The molecular weight excluding hydrogens is 292 g/mol. The van der Waals surface area contributed by atoms with Crippen molar-refractivity contribution in [2.45, 2.75) is 12.2 Å². The molecule has 108 valence electrons. The first kappa shape index (κ1) is 16.0. The van der Waals surface area contributed by atoms with Crippen LogP contribution in [-0.2, 0) is 0 Å². The number of aliphatic hydroxyl groups excluding tert-OH is 2. The van der Waals surface area contributed by atoms with Gasteiger partial charge in [0.25, 0.3) is 0 Å². The molecule has 0 spiro atoms. The van der Waals surface area contributed by atoms with E-state index < -0.39 is 29.4 Å². The molecule has 10 heteroatoms. The first-order chi connectivity index (χ1) is 9.42. The van der Waals surface area contributed by atoms with Crippen molar-refractivity contribution >= 4 is 17.3 Å². The lowest BCUT2D eigenvalue weighted by atomic mass is 10.0. The lowest BCUT2D eigenvalue weighted by molar-refractivity contribution is -0.385. The zero-order valence-electron chi connectivity index (χ0n) is 10.3. The molecule has 0 aliphatic heterocycles. The number of hydrogen-bond donors (Lipinski definition) is 2. The maximum absolute atomic E-state index is 10.9. The van der Waals surface area contributed by atoms with Crippen LogP contribution in [0.3, 0.4) is 0 Å². The number of methoxy groups -OCH3 is 1. The van der Waals surface area contributed by atoms with E-state index in [1.54, 1.807) is 0 Å². The molecule has 0 heterocycles. The molecule has 1 aromatic rings. The molecule has 1 rings (SSSR count). The minimum atomic E-state index is -1.53. The second-order valence-corrected chi connectivity index (χ2v) is 4.14. The third-order valence-corrected chi connectivity index (χ3v) is 2.84. The van der Waals surface area contributed by atoms with Gasteiger partial charge in [0.05, 0.1) is 29.7 Å². The van der Waals surface area contributed by atoms with Crippen molar-refractivity contribution in [3.8, 4) is 5.75 Å². The molecule has 0 saturated carbocycles. The Balaban J connectivity index is 3.20. The highest BCUT2D eigenvalue weighted by molar-refractivity contribution is 6.31. The lowest BCUT2D eigenvalue weighted by Gasteiger charge is -2.18. The molecular formula is C10H11ClN4O5. The van der Waals surface area contributed by atoms with Gasteiger partial charge in [-0.15, -0.1) is 0 Å². The van der Waals surface area contributed by atoms with Crippen LogP contribution in [0.1, 0.15) is 11.7 Å². The number of aliphatic hydroxyl groups is 2. The number of hydrogen-bond acceptors (Lipinski definition) is 6. The number of azide groups is 1. The molecule has 0 saturated heterocycles. The molecule has 20 heavy (non-hydrogen) atoms. The number of nitro benzene ring substituents is 1. The second kappa shape index (κ2) is 6.92. The average Bonchev–Trinajstić information content (AvgIpc) is 2.43. The molecule has 0 fully saturated rings. The predicted octanol–water partition coefficient (Wildman–Crippen LogP) is 1.96. The highest BCUT2D eigenvalue weighted by atomic mass is 35.5. The fourth-order valence-corrected chi connectivity index (χ4v) is 1.79. The Bertz CT molecular complexity index is 561. The average molecular weight is 303 g/mol. The van der Waals surface area contributed by atoms with Crippen molar-refractivity contribution in [2.75, 3.05) is 13.7 Å². The molecule has 0 amide bonds. The van der Waals surface area contributed by atoms with E-state index in [0.29, 0.717) is 0 Å². The zero-order chi connectivity index (χ0) is 15.3. The summed E-state index contributed by atoms with van der Waals surface area (Å²) in [4.78, 5) is 12.6. The summed E-state index contributed by atoms with van der Waals surface area (Å²) in [6, 6.07) is 2.17. The summed E-state index contributed by atoms with van der Waals surface area (Å²) in [6.45, 7) is -0.395. The van der Waals surface area contributed by atoms with E-state index in [4.69, 9.17) is 21.9 Å². The predicted molar refractivity (Wildman–Crippen MR) is 69.6 cm³/mol. The van der Waals surface area contributed by atoms with E-state index in [0.717, 1.165) is 6.07 Å². The van der Waals surface area contributed by atoms with E-state index >= 15 is 0 Å². The van der Waals surface area contributed by atoms with Gasteiger partial charge in [-0.1, -0.05) is 16.7 Å². The minimum Gasteiger partial charge on any atom is -0.490 e. The molecule has 2 N–H and O–H groups in total. The molecule has 9 nitrogen and oxygen atoms in total. The second-order valence-electron chi connectivity index (χ2n) is 3.73. The Morgan fingerprint density at radius 2 is 2.25 bits per heavy atom. The molecule has 0 bridgehead atoms. The lowest BCUT2D eigenvalue weighted by Crippen LogP contribution is -2.21. The van der Waals surface area contributed by atoms with Crippen LogP contribution in [0.15, 0.2) is 17.2 Å². The quantitative estimate of drug-likeness (QED) is 0.271. The molecule has 0 radical (unpaired) electrons. The van der Waals surface area contributed by atoms with Crippen molar-refractivity contribution in [1.82, 2.24) is 0 Å². The molecule has 0 aliphatic carbocycles. The van der Waals surface area contributed by atoms with E-state index in [-0.39, 0.29) is 16.3 Å². The van der Waals surface area contributed by atoms with E-state index in [2.05, 4.69) is 10.0 Å². The van der Waals surface area contributed by atoms with Gasteiger partial charge in [-0.2, -0.15) is 0 Å². The molecule has 2 atom stereocenters. The molecule has 0 aromatic heterocycles. The number of nitrogens with zero attached hydrogens (tertiary/aromatic N) is 4. The highest BCUT2D eigenvalue weighted by Crippen LogP contribution is 2.36. The SMILES string of the molecule is COc1cc(Cl)c(C(O)C(O)CN=[N+]=[N-])cc1[N+](=O)[O-]. The van der Waals surface area contributed by atoms with Gasteiger partial charge in [-0.3, -0.25) is 10.1 Å². The van der Waals surface area contributed by atoms with E-state index in [1.807, 2.05) is 0 Å². The van der Waals surface area contributed by atoms with Crippen molar-refractivity contribution < 1.29 is 19.9 Å². The summed E-state index contributed by atoms with van der Waals surface area (Å²) in [7, 11) is 1.24. The standard InChI is InChI=1S/C10H11ClN4O5/c1-20-9-3-6(11)5(2-7(9)15(18)19)10(17)8(16)4-13-14-12/h2-3,8,10,16-17H,4H2,1H3. The zero-order valence-corrected chi connectivity index (χ0v) is 11.1. The number of nitro groups is 1. The maximum atomic E-state index is 10.9. The maximum Gasteiger partial charge on any atom is 0.311 e. The topological polar surface area (TPSA) is 142 Å². The third kappa shape index (κ3) is 3.49. The van der Waals surface area contributed by atoms with Crippen LogP contribution in [0.4, 0.5) is 5.69 Å². The first-order valence-corrected chi connectivity index (χ1v) is 5.69. The van der Waals surface area contributed by atoms with Gasteiger partial charge in [0, 0.05) is 22.6 Å². The highest BCUT2D eigenvalue weighted by Gasteiger charge is 2.25. The van der Waals surface area contributed by atoms with E-state index in [9.17, 15) is 20.3 Å². The summed E-state index contributed by atoms with van der Waals surface area (Å²) < 4.78 is 4.81. The summed E-state index contributed by atoms with van der Waals surface area (Å²) >= 11 is 5.88. The summed E-state index contributed by atoms with van der Waals surface area (Å²) in [5.74, 6) is -0.0690. The van der Waals surface area contributed by atoms with Crippen molar-refractivity contribution in [1.29, 1.82) is 0 Å². The van der Waals surface area contributed by atoms with Crippen molar-refractivity contribution in [2.24, 2.45) is 5.11 Å². The van der Waals surface area contributed by atoms with Crippen LogP contribution in [0.2, 0.25) is 5.02 Å². The van der Waals surface area contributed by atoms with Gasteiger partial charge >= 0.3 is 5.69 Å². The van der Waals surface area contributed by atoms with Crippen LogP contribution in [0.25, 0.3) is 10.4 Å². The molecule has 1 aromatic carbocycles. The van der Waals surface area contributed by atoms with Gasteiger partial charge in [0.2, 0.25) is 0 Å². The Kier molecular flexibility index (Phi) is 5.53. The van der Waals surface area contributed by atoms with Gasteiger partial charge in [0.15, 0.2) is 5.75 Å². The third-order valence-electron chi connectivity index (χ3n) is 2.51. The Hall–Kier alpha value is -2.06. The van der Waals surface area contributed by atoms with Crippen LogP contribution < -0.4 is 4.74 Å². The number of halogens is 1. The van der Waals surface area contributed by atoms with Crippen LogP contribution in [-0.4, -0.2) is 34.9 Å². The number of benzene rings is 1. The number of ether oxygens (including phenoxy) is 1. The van der Waals surface area contributed by atoms with Crippen molar-refractivity contribution in [3.63, 3.8) is 0 Å². The van der Waals surface area contributed by atoms with Crippen LogP contribution >= 0.6 is 11.6 Å². The monoisotopic (exact) mass is 302 g/mol.